The van der Waals surface area contributed by atoms with Crippen molar-refractivity contribution in [3.63, 3.8) is 0 Å². The Labute approximate surface area is 154 Å². The molecule has 0 fully saturated rings. The second-order valence-corrected chi connectivity index (χ2v) is 5.47. The van der Waals surface area contributed by atoms with Crippen LogP contribution in [0.5, 0.6) is 5.75 Å². The van der Waals surface area contributed by atoms with Crippen molar-refractivity contribution >= 4 is 17.6 Å². The van der Waals surface area contributed by atoms with Gasteiger partial charge in [-0.05, 0) is 23.8 Å². The first kappa shape index (κ1) is 19.9. The molecule has 27 heavy (non-hydrogen) atoms. The lowest BCUT2D eigenvalue weighted by Gasteiger charge is -2.14. The topological polar surface area (TPSA) is 128 Å². The zero-order valence-corrected chi connectivity index (χ0v) is 14.5. The molecule has 2 N–H and O–H groups in total. The van der Waals surface area contributed by atoms with Gasteiger partial charge in [-0.1, -0.05) is 18.2 Å². The fourth-order valence-electron chi connectivity index (χ4n) is 2.17. The summed E-state index contributed by atoms with van der Waals surface area (Å²) in [5.74, 6) is -0.923. The van der Waals surface area contributed by atoms with E-state index in [9.17, 15) is 19.7 Å². The number of nitrogens with zero attached hydrogens (tertiary/aromatic N) is 1. The number of hydrogen-bond acceptors (Lipinski definition) is 7. The molecule has 2 aromatic carbocycles. The number of aliphatic hydroxyl groups is 1. The van der Waals surface area contributed by atoms with Crippen LogP contribution >= 0.6 is 0 Å². The van der Waals surface area contributed by atoms with E-state index in [0.29, 0.717) is 5.75 Å². The maximum Gasteiger partial charge on any atom is 0.330 e. The summed E-state index contributed by atoms with van der Waals surface area (Å²) in [7, 11) is 1.16. The monoisotopic (exact) mass is 374 g/mol. The van der Waals surface area contributed by atoms with Crippen LogP contribution in [-0.4, -0.2) is 41.7 Å². The molecule has 0 radical (unpaired) electrons. The first-order valence-electron chi connectivity index (χ1n) is 7.90. The number of hydrogen-bond donors (Lipinski definition) is 2. The van der Waals surface area contributed by atoms with E-state index < -0.39 is 29.4 Å². The Balaban J connectivity index is 1.96. The van der Waals surface area contributed by atoms with Crippen LogP contribution in [0.15, 0.2) is 48.5 Å². The second-order valence-electron chi connectivity index (χ2n) is 5.47. The summed E-state index contributed by atoms with van der Waals surface area (Å²) in [6, 6.07) is 11.1. The second kappa shape index (κ2) is 9.30. The third kappa shape index (κ3) is 5.51. The molecule has 0 unspecified atom stereocenters. The predicted molar refractivity (Wildman–Crippen MR) is 94.2 cm³/mol. The maximum absolute atomic E-state index is 12.1. The van der Waals surface area contributed by atoms with Gasteiger partial charge in [-0.3, -0.25) is 14.9 Å². The van der Waals surface area contributed by atoms with E-state index >= 15 is 0 Å². The average Bonchev–Trinajstić information content (AvgIpc) is 2.70. The highest BCUT2D eigenvalue weighted by atomic mass is 16.6. The van der Waals surface area contributed by atoms with Crippen LogP contribution in [0, 0.1) is 10.1 Å². The molecule has 0 spiro atoms. The lowest BCUT2D eigenvalue weighted by Crippen LogP contribution is -2.44. The van der Waals surface area contributed by atoms with Gasteiger partial charge in [0.2, 0.25) is 0 Å². The fourth-order valence-corrected chi connectivity index (χ4v) is 2.17. The number of aliphatic hydroxyl groups excluding tert-OH is 1. The number of ether oxygens (including phenoxy) is 2. The molecule has 0 aliphatic carbocycles. The minimum atomic E-state index is -1.14. The first-order valence-corrected chi connectivity index (χ1v) is 7.90. The molecule has 0 heterocycles. The molecule has 0 aliphatic rings. The van der Waals surface area contributed by atoms with Crippen LogP contribution < -0.4 is 10.1 Å². The lowest BCUT2D eigenvalue weighted by molar-refractivity contribution is -0.384. The number of carbonyl (C=O) groups excluding carboxylic acids is 2. The number of nitrogens with one attached hydrogen (secondary N) is 1. The molecular weight excluding hydrogens is 356 g/mol. The lowest BCUT2D eigenvalue weighted by atomic mass is 10.1. The van der Waals surface area contributed by atoms with Crippen molar-refractivity contribution in [2.75, 3.05) is 13.7 Å². The summed E-state index contributed by atoms with van der Waals surface area (Å²) in [6.07, 6.45) is 0. The Kier molecular flexibility index (Phi) is 6.84. The number of esters is 1. The van der Waals surface area contributed by atoms with Crippen LogP contribution in [0.3, 0.4) is 0 Å². The Morgan fingerprint density at radius 1 is 1.22 bits per heavy atom. The molecule has 2 aromatic rings. The molecular formula is C18H18N2O7. The zero-order valence-electron chi connectivity index (χ0n) is 14.5. The van der Waals surface area contributed by atoms with Crippen molar-refractivity contribution in [1.29, 1.82) is 0 Å². The molecule has 0 bridgehead atoms. The standard InChI is InChI=1S/C18H18N2O7/c1-26-18(23)16(10-21)19-17(22)13-7-5-12(6-8-13)11-27-15-4-2-3-14(9-15)20(24)25/h2-9,16,21H,10-11H2,1H3,(H,19,22)/t16-/m1/s1. The summed E-state index contributed by atoms with van der Waals surface area (Å²) < 4.78 is 10.00. The minimum Gasteiger partial charge on any atom is -0.489 e. The van der Waals surface area contributed by atoms with Crippen LogP contribution in [0.1, 0.15) is 15.9 Å². The van der Waals surface area contributed by atoms with Crippen LogP contribution in [0.25, 0.3) is 0 Å². The SMILES string of the molecule is COC(=O)[C@@H](CO)NC(=O)c1ccc(COc2cccc([N+](=O)[O-])c2)cc1. The van der Waals surface area contributed by atoms with Gasteiger partial charge in [-0.15, -0.1) is 0 Å². The van der Waals surface area contributed by atoms with Crippen LogP contribution in [0.2, 0.25) is 0 Å². The number of nitro groups is 1. The third-order valence-electron chi connectivity index (χ3n) is 3.62. The molecule has 1 amide bonds. The molecule has 0 saturated carbocycles. The highest BCUT2D eigenvalue weighted by molar-refractivity contribution is 5.96. The average molecular weight is 374 g/mol. The molecule has 142 valence electrons. The minimum absolute atomic E-state index is 0.0661. The van der Waals surface area contributed by atoms with Crippen LogP contribution in [0.4, 0.5) is 5.69 Å². The summed E-state index contributed by atoms with van der Waals surface area (Å²) in [6.45, 7) is -0.419. The molecule has 0 saturated heterocycles. The van der Waals surface area contributed by atoms with Crippen molar-refractivity contribution in [2.45, 2.75) is 12.6 Å². The zero-order chi connectivity index (χ0) is 19.8. The molecule has 9 nitrogen and oxygen atoms in total. The summed E-state index contributed by atoms with van der Waals surface area (Å²) in [5, 5.41) is 22.3. The number of nitro benzene ring substituents is 1. The molecule has 0 aliphatic heterocycles. The number of carbonyl (C=O) groups is 2. The number of amides is 1. The predicted octanol–water partition coefficient (Wildman–Crippen LogP) is 1.44. The quantitative estimate of drug-likeness (QED) is 0.406. The molecule has 2 rings (SSSR count). The normalized spacial score (nSPS) is 11.3. The van der Waals surface area contributed by atoms with Gasteiger partial charge in [0.05, 0.1) is 24.7 Å². The van der Waals surface area contributed by atoms with Gasteiger partial charge in [0.15, 0.2) is 6.04 Å². The van der Waals surface area contributed by atoms with E-state index in [4.69, 9.17) is 9.84 Å². The van der Waals surface area contributed by atoms with Gasteiger partial charge in [0.1, 0.15) is 12.4 Å². The first-order chi connectivity index (χ1) is 12.9. The van der Waals surface area contributed by atoms with E-state index in [0.717, 1.165) is 12.7 Å². The van der Waals surface area contributed by atoms with Crippen molar-refractivity contribution in [3.05, 3.63) is 69.8 Å². The van der Waals surface area contributed by atoms with E-state index in [2.05, 4.69) is 10.1 Å². The highest BCUT2D eigenvalue weighted by Crippen LogP contribution is 2.20. The number of non-ortho nitro benzene ring substituents is 1. The van der Waals surface area contributed by atoms with Gasteiger partial charge in [0, 0.05) is 11.6 Å². The number of rotatable bonds is 8. The Morgan fingerprint density at radius 2 is 1.93 bits per heavy atom. The van der Waals surface area contributed by atoms with Gasteiger partial charge in [-0.25, -0.2) is 4.79 Å². The fraction of sp³-hybridized carbons (Fsp3) is 0.222. The Morgan fingerprint density at radius 3 is 2.52 bits per heavy atom. The number of benzene rings is 2. The van der Waals surface area contributed by atoms with Crippen molar-refractivity contribution < 1.29 is 29.1 Å². The summed E-state index contributed by atoms with van der Waals surface area (Å²) in [5.41, 5.74) is 0.963. The Hall–Kier alpha value is -3.46. The summed E-state index contributed by atoms with van der Waals surface area (Å²) in [4.78, 5) is 33.7. The largest absolute Gasteiger partial charge is 0.489 e. The van der Waals surface area contributed by atoms with Crippen molar-refractivity contribution in [3.8, 4) is 5.75 Å². The van der Waals surface area contributed by atoms with Gasteiger partial charge in [-0.2, -0.15) is 0 Å². The van der Waals surface area contributed by atoms with Crippen molar-refractivity contribution in [2.24, 2.45) is 0 Å². The van der Waals surface area contributed by atoms with E-state index in [-0.39, 0.29) is 17.9 Å². The van der Waals surface area contributed by atoms with Crippen molar-refractivity contribution in [1.82, 2.24) is 5.32 Å². The van der Waals surface area contributed by atoms with Gasteiger partial charge >= 0.3 is 5.97 Å². The van der Waals surface area contributed by atoms with E-state index in [1.165, 1.54) is 30.3 Å². The molecule has 9 heteroatoms. The highest BCUT2D eigenvalue weighted by Gasteiger charge is 2.21. The molecule has 0 aromatic heterocycles. The molecule has 1 atom stereocenters. The third-order valence-corrected chi connectivity index (χ3v) is 3.62. The van der Waals surface area contributed by atoms with Gasteiger partial charge < -0.3 is 19.9 Å². The van der Waals surface area contributed by atoms with Gasteiger partial charge in [0.25, 0.3) is 11.6 Å². The number of methoxy groups -OCH3 is 1. The van der Waals surface area contributed by atoms with E-state index in [1.54, 1.807) is 18.2 Å². The maximum atomic E-state index is 12.1. The summed E-state index contributed by atoms with van der Waals surface area (Å²) >= 11 is 0. The smallest absolute Gasteiger partial charge is 0.330 e. The van der Waals surface area contributed by atoms with E-state index in [1.807, 2.05) is 0 Å². The van der Waals surface area contributed by atoms with Crippen LogP contribution in [-0.2, 0) is 16.1 Å². The Bertz CT molecular complexity index is 821.